The van der Waals surface area contributed by atoms with Gasteiger partial charge in [-0.3, -0.25) is 9.59 Å². The number of ether oxygens (including phenoxy) is 2. The molecule has 0 aliphatic carbocycles. The monoisotopic (exact) mass is 425 g/mol. The second kappa shape index (κ2) is 11.2. The molecule has 1 aliphatic heterocycles. The van der Waals surface area contributed by atoms with Crippen LogP contribution in [0.25, 0.3) is 0 Å². The molecule has 0 bridgehead atoms. The van der Waals surface area contributed by atoms with E-state index in [4.69, 9.17) is 9.47 Å². The molecule has 0 aromatic heterocycles. The third kappa shape index (κ3) is 6.64. The molecule has 1 heterocycles. The molecule has 0 atom stereocenters. The Kier molecular flexibility index (Phi) is 8.15. The van der Waals surface area contributed by atoms with Crippen molar-refractivity contribution in [1.82, 2.24) is 10.6 Å². The summed E-state index contributed by atoms with van der Waals surface area (Å²) in [6.45, 7) is 2.29. The Bertz CT molecular complexity index is 844. The van der Waals surface area contributed by atoms with Gasteiger partial charge in [-0.15, -0.1) is 0 Å². The fourth-order valence-corrected chi connectivity index (χ4v) is 3.67. The largest absolute Gasteiger partial charge is 0.497 e. The van der Waals surface area contributed by atoms with E-state index in [2.05, 4.69) is 27.7 Å². The summed E-state index contributed by atoms with van der Waals surface area (Å²) in [6, 6.07) is 15.2. The van der Waals surface area contributed by atoms with Crippen molar-refractivity contribution in [3.63, 3.8) is 0 Å². The Balaban J connectivity index is 1.31. The molecule has 2 amide bonds. The van der Waals surface area contributed by atoms with Crippen molar-refractivity contribution < 1.29 is 19.1 Å². The smallest absolute Gasteiger partial charge is 0.251 e. The van der Waals surface area contributed by atoms with Crippen LogP contribution in [-0.2, 0) is 4.79 Å². The molecule has 7 heteroatoms. The zero-order valence-electron chi connectivity index (χ0n) is 18.2. The zero-order chi connectivity index (χ0) is 22.1. The van der Waals surface area contributed by atoms with Crippen molar-refractivity contribution in [2.45, 2.75) is 31.7 Å². The van der Waals surface area contributed by atoms with E-state index in [9.17, 15) is 9.59 Å². The lowest BCUT2D eigenvalue weighted by atomic mass is 10.0. The number of carbonyl (C=O) groups is 2. The van der Waals surface area contributed by atoms with E-state index in [0.717, 1.165) is 31.7 Å². The number of nitrogens with one attached hydrogen (secondary N) is 2. The van der Waals surface area contributed by atoms with Crippen molar-refractivity contribution in [2.24, 2.45) is 0 Å². The lowest BCUT2D eigenvalue weighted by Gasteiger charge is -2.34. The van der Waals surface area contributed by atoms with Gasteiger partial charge in [0.2, 0.25) is 5.91 Å². The zero-order valence-corrected chi connectivity index (χ0v) is 18.2. The minimum absolute atomic E-state index is 0.0431. The molecule has 1 saturated heterocycles. The second-order valence-corrected chi connectivity index (χ2v) is 7.61. The summed E-state index contributed by atoms with van der Waals surface area (Å²) in [5, 5.41) is 5.98. The number of nitrogens with zero attached hydrogens (tertiary/aromatic N) is 1. The maximum atomic E-state index is 12.3. The van der Waals surface area contributed by atoms with Gasteiger partial charge in [-0.1, -0.05) is 0 Å². The number of benzene rings is 2. The molecule has 2 aromatic carbocycles. The van der Waals surface area contributed by atoms with Gasteiger partial charge in [-0.2, -0.15) is 0 Å². The van der Waals surface area contributed by atoms with Gasteiger partial charge in [-0.05, 0) is 67.8 Å². The van der Waals surface area contributed by atoms with Crippen molar-refractivity contribution in [3.05, 3.63) is 54.1 Å². The molecule has 31 heavy (non-hydrogen) atoms. The van der Waals surface area contributed by atoms with E-state index < -0.39 is 0 Å². The highest BCUT2D eigenvalue weighted by atomic mass is 16.5. The van der Waals surface area contributed by atoms with Crippen LogP contribution in [0.2, 0.25) is 0 Å². The van der Waals surface area contributed by atoms with Crippen molar-refractivity contribution in [2.75, 3.05) is 38.8 Å². The summed E-state index contributed by atoms with van der Waals surface area (Å²) in [7, 11) is 3.25. The van der Waals surface area contributed by atoms with Crippen LogP contribution in [0.4, 0.5) is 5.69 Å². The quantitative estimate of drug-likeness (QED) is 0.604. The molecule has 1 aliphatic rings. The summed E-state index contributed by atoms with van der Waals surface area (Å²) in [4.78, 5) is 26.7. The van der Waals surface area contributed by atoms with Gasteiger partial charge in [0.15, 0.2) is 0 Å². The number of rotatable bonds is 9. The lowest BCUT2D eigenvalue weighted by Crippen LogP contribution is -2.44. The third-order valence-corrected chi connectivity index (χ3v) is 5.52. The summed E-state index contributed by atoms with van der Waals surface area (Å²) < 4.78 is 10.3. The van der Waals surface area contributed by atoms with Gasteiger partial charge in [0.05, 0.1) is 14.2 Å². The molecular weight excluding hydrogens is 394 g/mol. The first kappa shape index (κ1) is 22.5. The Hall–Kier alpha value is -3.22. The van der Waals surface area contributed by atoms with Gasteiger partial charge in [-0.25, -0.2) is 0 Å². The third-order valence-electron chi connectivity index (χ3n) is 5.52. The molecule has 2 aromatic rings. The summed E-state index contributed by atoms with van der Waals surface area (Å²) in [6.07, 6.45) is 2.86. The molecule has 0 spiro atoms. The average molecular weight is 426 g/mol. The van der Waals surface area contributed by atoms with Crippen molar-refractivity contribution in [1.29, 1.82) is 0 Å². The number of anilines is 1. The first-order chi connectivity index (χ1) is 15.1. The number of hydrogen-bond acceptors (Lipinski definition) is 5. The number of piperidine rings is 1. The van der Waals surface area contributed by atoms with Crippen LogP contribution in [0.15, 0.2) is 48.5 Å². The summed E-state index contributed by atoms with van der Waals surface area (Å²) in [5.74, 6) is 1.46. The predicted octanol–water partition coefficient (Wildman–Crippen LogP) is 3.00. The first-order valence-corrected chi connectivity index (χ1v) is 10.7. The van der Waals surface area contributed by atoms with E-state index in [1.54, 1.807) is 38.5 Å². The topological polar surface area (TPSA) is 79.9 Å². The SMILES string of the molecule is COc1ccc(C(=O)NCCCC(=O)NC2CCN(c3ccc(OC)cc3)CC2)cc1. The summed E-state index contributed by atoms with van der Waals surface area (Å²) in [5.41, 5.74) is 1.76. The van der Waals surface area contributed by atoms with E-state index in [1.165, 1.54) is 5.69 Å². The highest BCUT2D eigenvalue weighted by molar-refractivity contribution is 5.94. The Morgan fingerprint density at radius 2 is 1.52 bits per heavy atom. The van der Waals surface area contributed by atoms with Gasteiger partial charge >= 0.3 is 0 Å². The Labute approximate surface area is 183 Å². The molecule has 0 saturated carbocycles. The molecule has 1 fully saturated rings. The Morgan fingerprint density at radius 1 is 0.935 bits per heavy atom. The number of carbonyl (C=O) groups excluding carboxylic acids is 2. The van der Waals surface area contributed by atoms with E-state index in [0.29, 0.717) is 30.7 Å². The molecule has 0 radical (unpaired) electrons. The summed E-state index contributed by atoms with van der Waals surface area (Å²) >= 11 is 0. The number of hydrogen-bond donors (Lipinski definition) is 2. The highest BCUT2D eigenvalue weighted by Crippen LogP contribution is 2.22. The van der Waals surface area contributed by atoms with Crippen LogP contribution in [0.1, 0.15) is 36.0 Å². The predicted molar refractivity (Wildman–Crippen MR) is 121 cm³/mol. The molecule has 7 nitrogen and oxygen atoms in total. The maximum Gasteiger partial charge on any atom is 0.251 e. The van der Waals surface area contributed by atoms with Crippen molar-refractivity contribution >= 4 is 17.5 Å². The number of methoxy groups -OCH3 is 2. The van der Waals surface area contributed by atoms with Crippen LogP contribution in [0.3, 0.4) is 0 Å². The lowest BCUT2D eigenvalue weighted by molar-refractivity contribution is -0.122. The maximum absolute atomic E-state index is 12.3. The molecule has 2 N–H and O–H groups in total. The minimum atomic E-state index is -0.144. The standard InChI is InChI=1S/C24H31N3O4/c1-30-21-9-5-18(6-10-21)24(29)25-15-3-4-23(28)26-19-13-16-27(17-14-19)20-7-11-22(31-2)12-8-20/h5-12,19H,3-4,13-17H2,1-2H3,(H,25,29)(H,26,28). The van der Waals surface area contributed by atoms with Gasteiger partial charge in [0.1, 0.15) is 11.5 Å². The molecular formula is C24H31N3O4. The molecule has 166 valence electrons. The van der Waals surface area contributed by atoms with Gasteiger partial charge in [0, 0.05) is 43.3 Å². The van der Waals surface area contributed by atoms with Gasteiger partial charge in [0.25, 0.3) is 5.91 Å². The fourth-order valence-electron chi connectivity index (χ4n) is 3.67. The van der Waals surface area contributed by atoms with E-state index in [-0.39, 0.29) is 17.9 Å². The molecule has 3 rings (SSSR count). The normalized spacial score (nSPS) is 14.1. The fraction of sp³-hybridized carbons (Fsp3) is 0.417. The highest BCUT2D eigenvalue weighted by Gasteiger charge is 2.20. The van der Waals surface area contributed by atoms with Crippen LogP contribution in [-0.4, -0.2) is 51.7 Å². The average Bonchev–Trinajstić information content (AvgIpc) is 2.82. The first-order valence-electron chi connectivity index (χ1n) is 10.7. The van der Waals surface area contributed by atoms with Crippen LogP contribution in [0, 0.1) is 0 Å². The van der Waals surface area contributed by atoms with E-state index in [1.807, 2.05) is 12.1 Å². The van der Waals surface area contributed by atoms with E-state index >= 15 is 0 Å². The van der Waals surface area contributed by atoms with Crippen LogP contribution >= 0.6 is 0 Å². The molecule has 0 unspecified atom stereocenters. The minimum Gasteiger partial charge on any atom is -0.497 e. The van der Waals surface area contributed by atoms with Gasteiger partial charge < -0.3 is 25.0 Å². The number of amides is 2. The Morgan fingerprint density at radius 3 is 2.10 bits per heavy atom. The van der Waals surface area contributed by atoms with Crippen molar-refractivity contribution in [3.8, 4) is 11.5 Å². The van der Waals surface area contributed by atoms with Crippen LogP contribution < -0.4 is 25.0 Å². The van der Waals surface area contributed by atoms with Crippen LogP contribution in [0.5, 0.6) is 11.5 Å². The second-order valence-electron chi connectivity index (χ2n) is 7.61.